The van der Waals surface area contributed by atoms with Gasteiger partial charge in [-0.15, -0.1) is 0 Å². The van der Waals surface area contributed by atoms with Crippen molar-refractivity contribution in [3.63, 3.8) is 0 Å². The quantitative estimate of drug-likeness (QED) is 0.0771. The molecule has 0 bridgehead atoms. The predicted molar refractivity (Wildman–Crippen MR) is 200 cm³/mol. The van der Waals surface area contributed by atoms with Crippen LogP contribution in [-0.4, -0.2) is 61.3 Å². The van der Waals surface area contributed by atoms with E-state index in [0.29, 0.717) is 37.8 Å². The molecule has 0 spiro atoms. The highest BCUT2D eigenvalue weighted by Gasteiger charge is 2.16. The van der Waals surface area contributed by atoms with Crippen molar-refractivity contribution in [2.24, 2.45) is 0 Å². The van der Waals surface area contributed by atoms with E-state index < -0.39 is 23.4 Å². The van der Waals surface area contributed by atoms with Gasteiger partial charge in [-0.2, -0.15) is 0 Å². The number of alkyl carbamates (subject to hydrolysis) is 2. The zero-order chi connectivity index (χ0) is 37.0. The van der Waals surface area contributed by atoms with E-state index in [1.165, 1.54) is 12.2 Å². The zero-order valence-corrected chi connectivity index (χ0v) is 30.0. The van der Waals surface area contributed by atoms with E-state index in [1.807, 2.05) is 72.8 Å². The van der Waals surface area contributed by atoms with Crippen molar-refractivity contribution in [2.75, 3.05) is 26.3 Å². The molecule has 0 aliphatic heterocycles. The zero-order valence-electron chi connectivity index (χ0n) is 30.0. The van der Waals surface area contributed by atoms with Gasteiger partial charge >= 0.3 is 12.2 Å². The summed E-state index contributed by atoms with van der Waals surface area (Å²) in [5.41, 5.74) is 0.543. The molecule has 0 atom stereocenters. The van der Waals surface area contributed by atoms with E-state index in [9.17, 15) is 19.2 Å². The smallest absolute Gasteiger partial charge is 0.407 e. The number of allylic oxidation sites excluding steroid dienone is 2. The Balaban J connectivity index is 1.22. The second-order valence-electron chi connectivity index (χ2n) is 13.9. The highest BCUT2D eigenvalue weighted by atomic mass is 16.6. The van der Waals surface area contributed by atoms with Gasteiger partial charge in [0.05, 0.1) is 19.5 Å². The Labute approximate surface area is 298 Å². The first kappa shape index (κ1) is 38.2. The van der Waals surface area contributed by atoms with E-state index in [4.69, 9.17) is 18.9 Å². The van der Waals surface area contributed by atoms with Gasteiger partial charge in [0.2, 0.25) is 0 Å². The largest absolute Gasteiger partial charge is 0.492 e. The Hall–Kier alpha value is -5.64. The van der Waals surface area contributed by atoms with E-state index in [-0.39, 0.29) is 18.0 Å². The third kappa shape index (κ3) is 13.7. The van der Waals surface area contributed by atoms with Gasteiger partial charge in [-0.3, -0.25) is 9.59 Å². The van der Waals surface area contributed by atoms with E-state index >= 15 is 0 Å². The van der Waals surface area contributed by atoms with Crippen LogP contribution in [0.4, 0.5) is 9.59 Å². The Morgan fingerprint density at radius 1 is 0.549 bits per heavy atom. The summed E-state index contributed by atoms with van der Waals surface area (Å²) in [4.78, 5) is 48.6. The van der Waals surface area contributed by atoms with Crippen molar-refractivity contribution in [1.29, 1.82) is 0 Å². The number of benzene rings is 4. The van der Waals surface area contributed by atoms with Gasteiger partial charge in [0.15, 0.2) is 11.6 Å². The van der Waals surface area contributed by atoms with Gasteiger partial charge in [0, 0.05) is 0 Å². The molecule has 0 fully saturated rings. The molecule has 0 radical (unpaired) electrons. The number of ketones is 2. The van der Waals surface area contributed by atoms with Crippen molar-refractivity contribution in [3.05, 3.63) is 96.1 Å². The van der Waals surface area contributed by atoms with Crippen molar-refractivity contribution in [2.45, 2.75) is 59.2 Å². The van der Waals surface area contributed by atoms with Crippen LogP contribution in [-0.2, 0) is 19.1 Å². The molecule has 51 heavy (non-hydrogen) atoms. The fourth-order valence-electron chi connectivity index (χ4n) is 4.81. The molecule has 4 rings (SSSR count). The standard InChI is InChI=1S/C41H46N2O8/c1-40(2,3)50-38(46)42-19-21-48-36-17-13-30-23-28(7-11-32(30)25-36)9-15-34(44)27-35(45)16-10-29-8-12-33-26-37(18-14-31(33)24-29)49-22-20-43-39(47)51-41(4,5)6/h7-18,23-26H,19-22,27H2,1-6H3,(H,42,46)(H,43,47)/b15-9+,16-10+. The van der Waals surface area contributed by atoms with Crippen LogP contribution in [0.5, 0.6) is 11.5 Å². The maximum absolute atomic E-state index is 12.5. The summed E-state index contributed by atoms with van der Waals surface area (Å²) in [5.74, 6) is 0.759. The van der Waals surface area contributed by atoms with E-state index in [2.05, 4.69) is 10.6 Å². The molecule has 0 aliphatic carbocycles. The van der Waals surface area contributed by atoms with Crippen LogP contribution < -0.4 is 20.1 Å². The average Bonchev–Trinajstić information content (AvgIpc) is 3.05. The lowest BCUT2D eigenvalue weighted by molar-refractivity contribution is -0.121. The Morgan fingerprint density at radius 3 is 1.31 bits per heavy atom. The fourth-order valence-corrected chi connectivity index (χ4v) is 4.81. The van der Waals surface area contributed by atoms with Crippen molar-refractivity contribution in [3.8, 4) is 11.5 Å². The molecule has 0 aromatic heterocycles. The first-order valence-corrected chi connectivity index (χ1v) is 16.8. The van der Waals surface area contributed by atoms with Gasteiger partial charge in [0.25, 0.3) is 0 Å². The molecule has 4 aromatic rings. The topological polar surface area (TPSA) is 129 Å². The van der Waals surface area contributed by atoms with Gasteiger partial charge in [-0.25, -0.2) is 9.59 Å². The molecule has 10 nitrogen and oxygen atoms in total. The SMILES string of the molecule is CC(C)(C)OC(=O)NCCOc1ccc2cc(/C=C/C(=O)CC(=O)/C=C/c3ccc4cc(OCCNC(=O)OC(C)(C)C)ccc4c3)ccc2c1. The van der Waals surface area contributed by atoms with Crippen LogP contribution in [0.1, 0.15) is 59.1 Å². The maximum Gasteiger partial charge on any atom is 0.407 e. The molecule has 0 heterocycles. The molecule has 0 saturated heterocycles. The molecular weight excluding hydrogens is 648 g/mol. The molecule has 0 saturated carbocycles. The summed E-state index contributed by atoms with van der Waals surface area (Å²) in [6.07, 6.45) is 5.03. The molecule has 10 heteroatoms. The van der Waals surface area contributed by atoms with E-state index in [1.54, 1.807) is 53.7 Å². The lowest BCUT2D eigenvalue weighted by Crippen LogP contribution is -2.34. The highest BCUT2D eigenvalue weighted by molar-refractivity contribution is 6.11. The number of nitrogens with one attached hydrogen (secondary N) is 2. The van der Waals surface area contributed by atoms with E-state index in [0.717, 1.165) is 32.7 Å². The second kappa shape index (κ2) is 17.3. The summed E-state index contributed by atoms with van der Waals surface area (Å²) in [6.45, 7) is 12.0. The number of hydrogen-bond acceptors (Lipinski definition) is 8. The molecule has 4 aromatic carbocycles. The summed E-state index contributed by atoms with van der Waals surface area (Å²) >= 11 is 0. The summed E-state index contributed by atoms with van der Waals surface area (Å²) < 4.78 is 21.9. The molecular formula is C41H46N2O8. The number of carbonyl (C=O) groups excluding carboxylic acids is 4. The van der Waals surface area contributed by atoms with Crippen LogP contribution >= 0.6 is 0 Å². The van der Waals surface area contributed by atoms with Gasteiger partial charge in [0.1, 0.15) is 35.9 Å². The van der Waals surface area contributed by atoms with Crippen LogP contribution in [0, 0.1) is 0 Å². The number of rotatable bonds is 14. The van der Waals surface area contributed by atoms with Crippen molar-refractivity contribution >= 4 is 57.4 Å². The summed E-state index contributed by atoms with van der Waals surface area (Å²) in [6, 6.07) is 22.9. The first-order chi connectivity index (χ1) is 24.1. The van der Waals surface area contributed by atoms with Crippen LogP contribution in [0.15, 0.2) is 84.9 Å². The third-order valence-corrected chi connectivity index (χ3v) is 7.02. The minimum Gasteiger partial charge on any atom is -0.492 e. The lowest BCUT2D eigenvalue weighted by atomic mass is 10.0. The van der Waals surface area contributed by atoms with Crippen molar-refractivity contribution < 1.29 is 38.1 Å². The number of hydrogen-bond donors (Lipinski definition) is 2. The number of ether oxygens (including phenoxy) is 4. The Bertz CT molecular complexity index is 1790. The Kier molecular flexibility index (Phi) is 13.0. The Morgan fingerprint density at radius 2 is 0.922 bits per heavy atom. The van der Waals surface area contributed by atoms with Crippen LogP contribution in [0.3, 0.4) is 0 Å². The van der Waals surface area contributed by atoms with Gasteiger partial charge < -0.3 is 29.6 Å². The molecule has 268 valence electrons. The third-order valence-electron chi connectivity index (χ3n) is 7.02. The fraction of sp³-hybridized carbons (Fsp3) is 0.317. The molecule has 0 unspecified atom stereocenters. The van der Waals surface area contributed by atoms with Gasteiger partial charge in [-0.05, 0) is 123 Å². The van der Waals surface area contributed by atoms with Crippen LogP contribution in [0.25, 0.3) is 33.7 Å². The first-order valence-electron chi connectivity index (χ1n) is 16.8. The number of amides is 2. The predicted octanol–water partition coefficient (Wildman–Crippen LogP) is 8.05. The highest BCUT2D eigenvalue weighted by Crippen LogP contribution is 2.24. The monoisotopic (exact) mass is 694 g/mol. The molecule has 2 amide bonds. The molecule has 0 aliphatic rings. The minimum absolute atomic E-state index is 0.235. The average molecular weight is 695 g/mol. The normalized spacial score (nSPS) is 11.9. The molecule has 2 N–H and O–H groups in total. The lowest BCUT2D eigenvalue weighted by Gasteiger charge is -2.19. The summed E-state index contributed by atoms with van der Waals surface area (Å²) in [5, 5.41) is 9.18. The number of carbonyl (C=O) groups is 4. The minimum atomic E-state index is -0.558. The van der Waals surface area contributed by atoms with Crippen LogP contribution in [0.2, 0.25) is 0 Å². The van der Waals surface area contributed by atoms with Gasteiger partial charge in [-0.1, -0.05) is 48.6 Å². The summed E-state index contributed by atoms with van der Waals surface area (Å²) in [7, 11) is 0. The number of fused-ring (bicyclic) bond motifs is 2. The second-order valence-corrected chi connectivity index (χ2v) is 13.9. The maximum atomic E-state index is 12.5. The van der Waals surface area contributed by atoms with Crippen molar-refractivity contribution in [1.82, 2.24) is 10.6 Å².